The zero-order valence-corrected chi connectivity index (χ0v) is 16.1. The van der Waals surface area contributed by atoms with E-state index in [0.29, 0.717) is 25.2 Å². The number of rotatable bonds is 9. The Morgan fingerprint density at radius 3 is 2.62 bits per heavy atom. The molecule has 7 heteroatoms. The summed E-state index contributed by atoms with van der Waals surface area (Å²) in [6.07, 6.45) is 4.28. The Hall–Kier alpha value is -3.48. The van der Waals surface area contributed by atoms with E-state index in [2.05, 4.69) is 68.6 Å². The maximum Gasteiger partial charge on any atom is 0.303 e. The van der Waals surface area contributed by atoms with Crippen LogP contribution in [0.25, 0.3) is 10.9 Å². The second kappa shape index (κ2) is 8.68. The molecule has 0 unspecified atom stereocenters. The molecular weight excluding hydrogens is 366 g/mol. The Morgan fingerprint density at radius 1 is 1.00 bits per heavy atom. The molecule has 0 saturated heterocycles. The van der Waals surface area contributed by atoms with Crippen LogP contribution in [0.4, 0.5) is 0 Å². The molecular formula is C22H23N5O2. The van der Waals surface area contributed by atoms with E-state index in [1.165, 1.54) is 22.0 Å². The van der Waals surface area contributed by atoms with Crippen LogP contribution in [-0.2, 0) is 24.3 Å². The van der Waals surface area contributed by atoms with Crippen LogP contribution in [0.15, 0.2) is 60.8 Å². The molecule has 2 aromatic heterocycles. The van der Waals surface area contributed by atoms with E-state index >= 15 is 0 Å². The molecule has 0 amide bonds. The summed E-state index contributed by atoms with van der Waals surface area (Å²) in [6.45, 7) is 1.39. The molecule has 1 N–H and O–H groups in total. The number of fused-ring (bicyclic) bond motifs is 1. The molecule has 0 atom stereocenters. The van der Waals surface area contributed by atoms with Crippen LogP contribution in [0, 0.1) is 0 Å². The maximum atomic E-state index is 10.6. The van der Waals surface area contributed by atoms with Crippen LogP contribution in [0.1, 0.15) is 36.2 Å². The number of nitrogens with zero attached hydrogens (tertiary/aromatic N) is 5. The molecule has 4 rings (SSSR count). The summed E-state index contributed by atoms with van der Waals surface area (Å²) in [4.78, 5) is 12.1. The van der Waals surface area contributed by atoms with Gasteiger partial charge in [-0.05, 0) is 35.2 Å². The van der Waals surface area contributed by atoms with Gasteiger partial charge in [0.25, 0.3) is 0 Å². The van der Waals surface area contributed by atoms with Gasteiger partial charge in [-0.25, -0.2) is 0 Å². The van der Waals surface area contributed by atoms with Crippen molar-refractivity contribution in [3.63, 3.8) is 0 Å². The normalized spacial score (nSPS) is 11.2. The van der Waals surface area contributed by atoms with Gasteiger partial charge in [-0.1, -0.05) is 48.5 Å². The van der Waals surface area contributed by atoms with E-state index in [1.54, 1.807) is 4.80 Å². The van der Waals surface area contributed by atoms with Crippen molar-refractivity contribution < 1.29 is 9.90 Å². The topological polar surface area (TPSA) is 85.8 Å². The Kier molecular flexibility index (Phi) is 5.65. The number of aromatic nitrogens is 5. The summed E-state index contributed by atoms with van der Waals surface area (Å²) in [5.41, 5.74) is 3.61. The van der Waals surface area contributed by atoms with Gasteiger partial charge in [0, 0.05) is 36.5 Å². The number of hydrogen-bond acceptors (Lipinski definition) is 4. The fourth-order valence-corrected chi connectivity index (χ4v) is 3.52. The van der Waals surface area contributed by atoms with Gasteiger partial charge in [-0.15, -0.1) is 10.2 Å². The minimum atomic E-state index is -0.774. The Bertz CT molecular complexity index is 1100. The molecule has 0 fully saturated rings. The number of tetrazole rings is 1. The zero-order valence-electron chi connectivity index (χ0n) is 16.1. The fourth-order valence-electron chi connectivity index (χ4n) is 3.52. The molecule has 0 spiro atoms. The van der Waals surface area contributed by atoms with E-state index in [-0.39, 0.29) is 6.42 Å². The van der Waals surface area contributed by atoms with E-state index in [4.69, 9.17) is 5.11 Å². The van der Waals surface area contributed by atoms with Crippen molar-refractivity contribution in [1.29, 1.82) is 0 Å². The number of unbranched alkanes of at least 4 members (excludes halogenated alkanes) is 1. The van der Waals surface area contributed by atoms with Crippen LogP contribution in [0.2, 0.25) is 0 Å². The molecule has 2 aromatic carbocycles. The number of carboxylic acid groups (broad SMARTS) is 1. The lowest BCUT2D eigenvalue weighted by atomic mass is 10.1. The van der Waals surface area contributed by atoms with Crippen LogP contribution in [0.5, 0.6) is 0 Å². The highest BCUT2D eigenvalue weighted by molar-refractivity contribution is 5.84. The largest absolute Gasteiger partial charge is 0.481 e. The van der Waals surface area contributed by atoms with Gasteiger partial charge in [-0.2, -0.15) is 4.80 Å². The van der Waals surface area contributed by atoms with Crippen molar-refractivity contribution in [3.05, 3.63) is 77.7 Å². The summed E-state index contributed by atoms with van der Waals surface area (Å²) in [7, 11) is 0. The average molecular weight is 389 g/mol. The first-order valence-electron chi connectivity index (χ1n) is 9.78. The Balaban J connectivity index is 1.49. The van der Waals surface area contributed by atoms with Crippen LogP contribution in [0.3, 0.4) is 0 Å². The average Bonchev–Trinajstić information content (AvgIpc) is 3.31. The summed E-state index contributed by atoms with van der Waals surface area (Å²) in [6, 6.07) is 18.8. The highest BCUT2D eigenvalue weighted by Gasteiger charge is 2.12. The van der Waals surface area contributed by atoms with Gasteiger partial charge in [0.2, 0.25) is 0 Å². The second-order valence-electron chi connectivity index (χ2n) is 7.11. The number of aliphatic carboxylic acids is 1. The zero-order chi connectivity index (χ0) is 20.1. The molecule has 148 valence electrons. The summed E-state index contributed by atoms with van der Waals surface area (Å²) < 4.78 is 2.26. The standard InChI is InChI=1S/C22H23N5O2/c28-22(29)12-6-7-13-27-24-21(23-25-27)14-18-16-26(15-17-8-2-1-3-9-17)20-11-5-4-10-19(18)20/h1-5,8-11,16H,6-7,12-15H2,(H,28,29). The van der Waals surface area contributed by atoms with Gasteiger partial charge < -0.3 is 9.67 Å². The minimum absolute atomic E-state index is 0.169. The second-order valence-corrected chi connectivity index (χ2v) is 7.11. The summed E-state index contributed by atoms with van der Waals surface area (Å²) >= 11 is 0. The quantitative estimate of drug-likeness (QED) is 0.443. The van der Waals surface area contributed by atoms with Crippen LogP contribution in [-0.4, -0.2) is 35.9 Å². The number of para-hydroxylation sites is 1. The number of benzene rings is 2. The number of carboxylic acids is 1. The van der Waals surface area contributed by atoms with E-state index in [0.717, 1.165) is 13.0 Å². The van der Waals surface area contributed by atoms with Crippen molar-refractivity contribution in [3.8, 4) is 0 Å². The lowest BCUT2D eigenvalue weighted by molar-refractivity contribution is -0.137. The first kappa shape index (κ1) is 18.9. The third-order valence-electron chi connectivity index (χ3n) is 4.91. The Labute approximate surface area is 168 Å². The molecule has 4 aromatic rings. The van der Waals surface area contributed by atoms with Gasteiger partial charge >= 0.3 is 5.97 Å². The third-order valence-corrected chi connectivity index (χ3v) is 4.91. The predicted octanol–water partition coefficient (Wildman–Crippen LogP) is 3.52. The Morgan fingerprint density at radius 2 is 1.79 bits per heavy atom. The lowest BCUT2D eigenvalue weighted by Gasteiger charge is -2.05. The predicted molar refractivity (Wildman–Crippen MR) is 110 cm³/mol. The molecule has 29 heavy (non-hydrogen) atoms. The number of aryl methyl sites for hydroxylation is 1. The monoisotopic (exact) mass is 389 g/mol. The molecule has 0 radical (unpaired) electrons. The molecule has 0 bridgehead atoms. The SMILES string of the molecule is O=C(O)CCCCn1nnc(Cc2cn(Cc3ccccc3)c3ccccc23)n1. The van der Waals surface area contributed by atoms with Gasteiger partial charge in [0.15, 0.2) is 5.82 Å². The van der Waals surface area contributed by atoms with Crippen LogP contribution >= 0.6 is 0 Å². The van der Waals surface area contributed by atoms with E-state index in [9.17, 15) is 4.79 Å². The van der Waals surface area contributed by atoms with Crippen molar-refractivity contribution in [2.45, 2.75) is 38.8 Å². The van der Waals surface area contributed by atoms with Crippen molar-refractivity contribution >= 4 is 16.9 Å². The first-order chi connectivity index (χ1) is 14.2. The minimum Gasteiger partial charge on any atom is -0.481 e. The molecule has 0 aliphatic rings. The first-order valence-corrected chi connectivity index (χ1v) is 9.78. The van der Waals surface area contributed by atoms with Gasteiger partial charge in [-0.3, -0.25) is 4.79 Å². The fraction of sp³-hybridized carbons (Fsp3) is 0.273. The van der Waals surface area contributed by atoms with Crippen molar-refractivity contribution in [2.75, 3.05) is 0 Å². The molecule has 2 heterocycles. The lowest BCUT2D eigenvalue weighted by Crippen LogP contribution is -2.04. The smallest absolute Gasteiger partial charge is 0.303 e. The maximum absolute atomic E-state index is 10.6. The molecule has 0 aliphatic carbocycles. The number of hydrogen-bond donors (Lipinski definition) is 1. The highest BCUT2D eigenvalue weighted by atomic mass is 16.4. The summed E-state index contributed by atoms with van der Waals surface area (Å²) in [5, 5.41) is 22.7. The molecule has 7 nitrogen and oxygen atoms in total. The molecule has 0 saturated carbocycles. The molecule has 0 aliphatic heterocycles. The van der Waals surface area contributed by atoms with Crippen molar-refractivity contribution in [1.82, 2.24) is 24.8 Å². The number of carbonyl (C=O) groups is 1. The van der Waals surface area contributed by atoms with Gasteiger partial charge in [0.1, 0.15) is 0 Å². The van der Waals surface area contributed by atoms with E-state index in [1.807, 2.05) is 12.1 Å². The van der Waals surface area contributed by atoms with E-state index < -0.39 is 5.97 Å². The highest BCUT2D eigenvalue weighted by Crippen LogP contribution is 2.24. The van der Waals surface area contributed by atoms with Crippen LogP contribution < -0.4 is 0 Å². The summed E-state index contributed by atoms with van der Waals surface area (Å²) in [5.74, 6) is -0.102. The third kappa shape index (κ3) is 4.68. The van der Waals surface area contributed by atoms with Crippen molar-refractivity contribution in [2.24, 2.45) is 0 Å². The van der Waals surface area contributed by atoms with Gasteiger partial charge in [0.05, 0.1) is 6.54 Å².